The normalized spacial score (nSPS) is 12.5. The molecule has 2 heteroatoms. The maximum absolute atomic E-state index is 5.64. The highest BCUT2D eigenvalue weighted by atomic mass is 16.5. The maximum Gasteiger partial charge on any atom is 0.119 e. The van der Waals surface area contributed by atoms with E-state index in [9.17, 15) is 0 Å². The van der Waals surface area contributed by atoms with Crippen molar-refractivity contribution in [3.05, 3.63) is 29.8 Å². The van der Waals surface area contributed by atoms with Crippen LogP contribution in [0.2, 0.25) is 0 Å². The molecule has 0 aliphatic carbocycles. The first-order valence-corrected chi connectivity index (χ1v) is 5.70. The van der Waals surface area contributed by atoms with Crippen molar-refractivity contribution >= 4 is 0 Å². The molecule has 0 aromatic heterocycles. The number of nitrogens with two attached hydrogens (primary N) is 1. The SMILES string of the molecule is CCCCOc1cccc(C(C)CN)c1. The minimum Gasteiger partial charge on any atom is -0.494 e. The molecule has 1 rings (SSSR count). The quantitative estimate of drug-likeness (QED) is 0.728. The molecule has 0 bridgehead atoms. The lowest BCUT2D eigenvalue weighted by molar-refractivity contribution is 0.309. The molecule has 15 heavy (non-hydrogen) atoms. The Bertz CT molecular complexity index is 286. The molecule has 2 N–H and O–H groups in total. The van der Waals surface area contributed by atoms with Crippen molar-refractivity contribution in [1.29, 1.82) is 0 Å². The van der Waals surface area contributed by atoms with Gasteiger partial charge in [0, 0.05) is 0 Å². The Balaban J connectivity index is 2.57. The molecule has 0 saturated carbocycles. The van der Waals surface area contributed by atoms with Gasteiger partial charge in [-0.1, -0.05) is 32.4 Å². The molecule has 0 radical (unpaired) electrons. The van der Waals surface area contributed by atoms with E-state index in [0.717, 1.165) is 18.8 Å². The second-order valence-corrected chi connectivity index (χ2v) is 3.91. The number of benzene rings is 1. The molecule has 0 heterocycles. The van der Waals surface area contributed by atoms with Gasteiger partial charge in [0.25, 0.3) is 0 Å². The van der Waals surface area contributed by atoms with Crippen molar-refractivity contribution in [2.75, 3.05) is 13.2 Å². The molecule has 1 unspecified atom stereocenters. The molecule has 0 aliphatic rings. The average molecular weight is 207 g/mol. The van der Waals surface area contributed by atoms with Crippen molar-refractivity contribution in [2.24, 2.45) is 5.73 Å². The van der Waals surface area contributed by atoms with Gasteiger partial charge in [-0.25, -0.2) is 0 Å². The van der Waals surface area contributed by atoms with E-state index in [0.29, 0.717) is 12.5 Å². The minimum atomic E-state index is 0.403. The number of rotatable bonds is 6. The van der Waals surface area contributed by atoms with Crippen LogP contribution in [0.3, 0.4) is 0 Å². The Morgan fingerprint density at radius 2 is 2.20 bits per heavy atom. The highest BCUT2D eigenvalue weighted by Gasteiger charge is 2.03. The number of ether oxygens (including phenoxy) is 1. The van der Waals surface area contributed by atoms with E-state index < -0.39 is 0 Å². The van der Waals surface area contributed by atoms with Crippen molar-refractivity contribution < 1.29 is 4.74 Å². The second-order valence-electron chi connectivity index (χ2n) is 3.91. The number of hydrogen-bond acceptors (Lipinski definition) is 2. The van der Waals surface area contributed by atoms with E-state index >= 15 is 0 Å². The molecular formula is C13H21NO. The first kappa shape index (κ1) is 12.1. The predicted octanol–water partition coefficient (Wildman–Crippen LogP) is 2.93. The smallest absolute Gasteiger partial charge is 0.119 e. The monoisotopic (exact) mass is 207 g/mol. The molecule has 2 nitrogen and oxygen atoms in total. The highest BCUT2D eigenvalue weighted by molar-refractivity contribution is 5.30. The van der Waals surface area contributed by atoms with Gasteiger partial charge < -0.3 is 10.5 Å². The van der Waals surface area contributed by atoms with Gasteiger partial charge in [-0.3, -0.25) is 0 Å². The lowest BCUT2D eigenvalue weighted by atomic mass is 10.0. The highest BCUT2D eigenvalue weighted by Crippen LogP contribution is 2.20. The molecule has 1 atom stereocenters. The first-order chi connectivity index (χ1) is 7.27. The first-order valence-electron chi connectivity index (χ1n) is 5.70. The standard InChI is InChI=1S/C13H21NO/c1-3-4-8-15-13-7-5-6-12(9-13)11(2)10-14/h5-7,9,11H,3-4,8,10,14H2,1-2H3. The van der Waals surface area contributed by atoms with E-state index in [4.69, 9.17) is 10.5 Å². The summed E-state index contributed by atoms with van der Waals surface area (Å²) in [6, 6.07) is 8.22. The van der Waals surface area contributed by atoms with Gasteiger partial charge in [0.1, 0.15) is 5.75 Å². The molecule has 1 aromatic rings. The predicted molar refractivity (Wildman–Crippen MR) is 64.3 cm³/mol. The van der Waals surface area contributed by atoms with Gasteiger partial charge >= 0.3 is 0 Å². The van der Waals surface area contributed by atoms with Gasteiger partial charge in [0.15, 0.2) is 0 Å². The second kappa shape index (κ2) is 6.46. The topological polar surface area (TPSA) is 35.2 Å². The zero-order chi connectivity index (χ0) is 11.1. The van der Waals surface area contributed by atoms with Crippen LogP contribution < -0.4 is 10.5 Å². The molecule has 84 valence electrons. The summed E-state index contributed by atoms with van der Waals surface area (Å²) in [6.45, 7) is 5.77. The lowest BCUT2D eigenvalue weighted by Gasteiger charge is -2.11. The van der Waals surface area contributed by atoms with Crippen LogP contribution in [-0.2, 0) is 0 Å². The Kier molecular flexibility index (Phi) is 5.19. The van der Waals surface area contributed by atoms with Crippen LogP contribution in [0.15, 0.2) is 24.3 Å². The minimum absolute atomic E-state index is 0.403. The van der Waals surface area contributed by atoms with Gasteiger partial charge in [0.2, 0.25) is 0 Å². The summed E-state index contributed by atoms with van der Waals surface area (Å²) in [7, 11) is 0. The van der Waals surface area contributed by atoms with Gasteiger partial charge in [0.05, 0.1) is 6.61 Å². The third kappa shape index (κ3) is 3.92. The molecular weight excluding hydrogens is 186 g/mol. The van der Waals surface area contributed by atoms with E-state index in [2.05, 4.69) is 26.0 Å². The number of unbranched alkanes of at least 4 members (excludes halogenated alkanes) is 1. The van der Waals surface area contributed by atoms with Gasteiger partial charge in [-0.2, -0.15) is 0 Å². The summed E-state index contributed by atoms with van der Waals surface area (Å²) in [6.07, 6.45) is 2.27. The van der Waals surface area contributed by atoms with Crippen LogP contribution in [0.4, 0.5) is 0 Å². The van der Waals surface area contributed by atoms with E-state index in [-0.39, 0.29) is 0 Å². The molecule has 0 fully saturated rings. The Labute approximate surface area is 92.4 Å². The van der Waals surface area contributed by atoms with Gasteiger partial charge in [-0.05, 0) is 36.6 Å². The molecule has 0 spiro atoms. The largest absolute Gasteiger partial charge is 0.494 e. The van der Waals surface area contributed by atoms with Crippen molar-refractivity contribution in [3.8, 4) is 5.75 Å². The summed E-state index contributed by atoms with van der Waals surface area (Å²) in [5, 5.41) is 0. The maximum atomic E-state index is 5.64. The molecule has 1 aromatic carbocycles. The van der Waals surface area contributed by atoms with Crippen LogP contribution in [0.5, 0.6) is 5.75 Å². The van der Waals surface area contributed by atoms with E-state index in [1.54, 1.807) is 0 Å². The van der Waals surface area contributed by atoms with Crippen molar-refractivity contribution in [3.63, 3.8) is 0 Å². The molecule has 0 aliphatic heterocycles. The van der Waals surface area contributed by atoms with E-state index in [1.807, 2.05) is 12.1 Å². The van der Waals surface area contributed by atoms with Crippen LogP contribution in [0, 0.1) is 0 Å². The zero-order valence-corrected chi connectivity index (χ0v) is 9.70. The Morgan fingerprint density at radius 3 is 2.87 bits per heavy atom. The van der Waals surface area contributed by atoms with Crippen LogP contribution in [-0.4, -0.2) is 13.2 Å². The zero-order valence-electron chi connectivity index (χ0n) is 9.70. The van der Waals surface area contributed by atoms with Crippen molar-refractivity contribution in [1.82, 2.24) is 0 Å². The molecule has 0 saturated heterocycles. The van der Waals surface area contributed by atoms with E-state index in [1.165, 1.54) is 12.0 Å². The summed E-state index contributed by atoms with van der Waals surface area (Å²) in [5.74, 6) is 1.36. The lowest BCUT2D eigenvalue weighted by Crippen LogP contribution is -2.09. The summed E-state index contributed by atoms with van der Waals surface area (Å²) in [4.78, 5) is 0. The third-order valence-electron chi connectivity index (χ3n) is 2.55. The van der Waals surface area contributed by atoms with Crippen LogP contribution in [0.1, 0.15) is 38.2 Å². The van der Waals surface area contributed by atoms with Gasteiger partial charge in [-0.15, -0.1) is 0 Å². The fourth-order valence-corrected chi connectivity index (χ4v) is 1.38. The number of hydrogen-bond donors (Lipinski definition) is 1. The van der Waals surface area contributed by atoms with Crippen LogP contribution in [0.25, 0.3) is 0 Å². The summed E-state index contributed by atoms with van der Waals surface area (Å²) < 4.78 is 5.64. The van der Waals surface area contributed by atoms with Crippen LogP contribution >= 0.6 is 0 Å². The average Bonchev–Trinajstić information content (AvgIpc) is 2.29. The fourth-order valence-electron chi connectivity index (χ4n) is 1.38. The Hall–Kier alpha value is -1.02. The molecule has 0 amide bonds. The summed E-state index contributed by atoms with van der Waals surface area (Å²) >= 11 is 0. The fraction of sp³-hybridized carbons (Fsp3) is 0.538. The third-order valence-corrected chi connectivity index (χ3v) is 2.55. The Morgan fingerprint density at radius 1 is 1.40 bits per heavy atom. The van der Waals surface area contributed by atoms with Crippen molar-refractivity contribution in [2.45, 2.75) is 32.6 Å². The summed E-state index contributed by atoms with van der Waals surface area (Å²) in [5.41, 5.74) is 6.89.